The quantitative estimate of drug-likeness (QED) is 0.483. The van der Waals surface area contributed by atoms with Gasteiger partial charge in [-0.15, -0.1) is 0 Å². The lowest BCUT2D eigenvalue weighted by Gasteiger charge is -2.26. The Morgan fingerprint density at radius 1 is 1.42 bits per heavy atom. The smallest absolute Gasteiger partial charge is 0.277 e. The second kappa shape index (κ2) is 8.81. The number of thiazole rings is 1. The third kappa shape index (κ3) is 4.67. The van der Waals surface area contributed by atoms with Gasteiger partial charge in [-0.05, 0) is 18.7 Å². The molecule has 4 heterocycles. The number of nitrogen functional groups attached to an aromatic ring is 1. The van der Waals surface area contributed by atoms with Crippen LogP contribution in [0.3, 0.4) is 0 Å². The Bertz CT molecular complexity index is 1190. The summed E-state index contributed by atoms with van der Waals surface area (Å²) in [4.78, 5) is 22.2. The number of nitrogens with two attached hydrogens (primary N) is 1. The molecule has 0 saturated carbocycles. The van der Waals surface area contributed by atoms with E-state index in [2.05, 4.69) is 20.4 Å². The largest absolute Gasteiger partial charge is 0.389 e. The van der Waals surface area contributed by atoms with Crippen LogP contribution in [-0.4, -0.2) is 50.9 Å². The zero-order chi connectivity index (χ0) is 23.8. The van der Waals surface area contributed by atoms with Crippen LogP contribution in [0, 0.1) is 17.1 Å². The molecule has 9 nitrogen and oxygen atoms in total. The SMILES string of the molecule is Cn1ncc(NC(=O)c2nc(-c3ccncc3F)sc2N)c1N1CCC(C=N)CC(F)(F)C1. The number of aromatic nitrogens is 4. The Hall–Kier alpha value is -3.48. The number of halogens is 3. The van der Waals surface area contributed by atoms with Gasteiger partial charge in [-0.2, -0.15) is 5.10 Å². The molecule has 174 valence electrons. The van der Waals surface area contributed by atoms with E-state index in [4.69, 9.17) is 11.1 Å². The normalized spacial score (nSPS) is 18.1. The van der Waals surface area contributed by atoms with E-state index in [0.29, 0.717) is 12.2 Å². The summed E-state index contributed by atoms with van der Waals surface area (Å²) < 4.78 is 44.4. The molecule has 1 fully saturated rings. The van der Waals surface area contributed by atoms with Gasteiger partial charge in [-0.1, -0.05) is 11.3 Å². The highest BCUT2D eigenvalue weighted by atomic mass is 32.1. The van der Waals surface area contributed by atoms with Gasteiger partial charge in [-0.3, -0.25) is 14.5 Å². The summed E-state index contributed by atoms with van der Waals surface area (Å²) in [5, 5.41) is 14.4. The number of nitrogens with zero attached hydrogens (tertiary/aromatic N) is 5. The predicted molar refractivity (Wildman–Crippen MR) is 120 cm³/mol. The fraction of sp³-hybridized carbons (Fsp3) is 0.350. The first-order chi connectivity index (χ1) is 15.7. The van der Waals surface area contributed by atoms with Gasteiger partial charge in [0.05, 0.1) is 18.9 Å². The number of amides is 1. The van der Waals surface area contributed by atoms with Crippen molar-refractivity contribution < 1.29 is 18.0 Å². The lowest BCUT2D eigenvalue weighted by atomic mass is 10.0. The van der Waals surface area contributed by atoms with Crippen LogP contribution in [-0.2, 0) is 7.05 Å². The number of aryl methyl sites for hydroxylation is 1. The minimum atomic E-state index is -3.01. The zero-order valence-electron chi connectivity index (χ0n) is 17.6. The average molecular weight is 479 g/mol. The fourth-order valence-electron chi connectivity index (χ4n) is 3.79. The Kier molecular flexibility index (Phi) is 6.06. The number of alkyl halides is 2. The lowest BCUT2D eigenvalue weighted by molar-refractivity contribution is -0.00210. The molecule has 3 aromatic heterocycles. The molecule has 1 aliphatic rings. The number of carbonyl (C=O) groups excluding carboxylic acids is 1. The van der Waals surface area contributed by atoms with Crippen molar-refractivity contribution in [2.75, 3.05) is 29.0 Å². The van der Waals surface area contributed by atoms with E-state index in [1.165, 1.54) is 28.0 Å². The number of pyridine rings is 1. The van der Waals surface area contributed by atoms with Gasteiger partial charge < -0.3 is 21.4 Å². The maximum atomic E-state index is 14.5. The second-order valence-electron chi connectivity index (χ2n) is 7.74. The molecule has 1 aliphatic heterocycles. The number of hydrogen-bond donors (Lipinski definition) is 3. The van der Waals surface area contributed by atoms with Crippen molar-refractivity contribution in [3.05, 3.63) is 36.2 Å². The number of anilines is 3. The van der Waals surface area contributed by atoms with E-state index in [-0.39, 0.29) is 33.5 Å². The summed E-state index contributed by atoms with van der Waals surface area (Å²) in [6, 6.07) is 1.43. The number of rotatable bonds is 5. The molecule has 0 bridgehead atoms. The maximum absolute atomic E-state index is 14.5. The number of hydrogen-bond acceptors (Lipinski definition) is 8. The lowest BCUT2D eigenvalue weighted by Crippen LogP contribution is -2.37. The molecule has 3 aromatic rings. The van der Waals surface area contributed by atoms with Gasteiger partial charge in [0, 0.05) is 37.7 Å². The van der Waals surface area contributed by atoms with Crippen LogP contribution in [0.4, 0.5) is 29.7 Å². The predicted octanol–water partition coefficient (Wildman–Crippen LogP) is 3.41. The van der Waals surface area contributed by atoms with Crippen molar-refractivity contribution >= 4 is 40.0 Å². The van der Waals surface area contributed by atoms with Crippen molar-refractivity contribution in [1.29, 1.82) is 5.41 Å². The summed E-state index contributed by atoms with van der Waals surface area (Å²) in [6.07, 6.45) is 4.81. The zero-order valence-corrected chi connectivity index (χ0v) is 18.4. The third-order valence-electron chi connectivity index (χ3n) is 5.32. The minimum Gasteiger partial charge on any atom is -0.389 e. The number of nitrogens with one attached hydrogen (secondary N) is 2. The molecule has 0 aliphatic carbocycles. The van der Waals surface area contributed by atoms with E-state index in [1.54, 1.807) is 7.05 Å². The summed E-state index contributed by atoms with van der Waals surface area (Å²) >= 11 is 0.950. The van der Waals surface area contributed by atoms with Gasteiger partial charge in [0.2, 0.25) is 0 Å². The molecule has 1 saturated heterocycles. The molecule has 0 radical (unpaired) electrons. The van der Waals surface area contributed by atoms with Crippen LogP contribution in [0.2, 0.25) is 0 Å². The molecule has 1 atom stereocenters. The van der Waals surface area contributed by atoms with Gasteiger partial charge in [0.1, 0.15) is 15.7 Å². The second-order valence-corrected chi connectivity index (χ2v) is 8.77. The van der Waals surface area contributed by atoms with Crippen LogP contribution in [0.25, 0.3) is 10.6 Å². The Morgan fingerprint density at radius 3 is 2.94 bits per heavy atom. The van der Waals surface area contributed by atoms with Gasteiger partial charge in [-0.25, -0.2) is 18.2 Å². The van der Waals surface area contributed by atoms with E-state index < -0.39 is 36.5 Å². The molecule has 33 heavy (non-hydrogen) atoms. The van der Waals surface area contributed by atoms with E-state index in [1.807, 2.05) is 0 Å². The fourth-order valence-corrected chi connectivity index (χ4v) is 4.64. The summed E-state index contributed by atoms with van der Waals surface area (Å²) in [6.45, 7) is -0.299. The highest BCUT2D eigenvalue weighted by molar-refractivity contribution is 7.19. The standard InChI is InChI=1S/C20H21F3N8OS/c1-30-19(31-5-3-11(7-24)6-20(22,23)10-31)14(9-27-30)28-17(32)15-16(25)33-18(29-15)12-2-4-26-8-13(12)21/h2,4,7-9,11,24H,3,5-6,10,25H2,1H3,(H,28,32). The van der Waals surface area contributed by atoms with Crippen molar-refractivity contribution in [2.24, 2.45) is 13.0 Å². The molecule has 1 unspecified atom stereocenters. The van der Waals surface area contributed by atoms with Crippen molar-refractivity contribution in [3.8, 4) is 10.6 Å². The summed E-state index contributed by atoms with van der Waals surface area (Å²) in [5.74, 6) is -4.50. The molecule has 13 heteroatoms. The van der Waals surface area contributed by atoms with Crippen molar-refractivity contribution in [3.63, 3.8) is 0 Å². The van der Waals surface area contributed by atoms with E-state index in [9.17, 15) is 18.0 Å². The Labute approximate surface area is 191 Å². The Morgan fingerprint density at radius 2 is 2.21 bits per heavy atom. The van der Waals surface area contributed by atoms with Crippen LogP contribution in [0.1, 0.15) is 23.3 Å². The maximum Gasteiger partial charge on any atom is 0.277 e. The van der Waals surface area contributed by atoms with E-state index in [0.717, 1.165) is 23.7 Å². The average Bonchev–Trinajstić information content (AvgIpc) is 3.27. The third-order valence-corrected chi connectivity index (χ3v) is 6.23. The van der Waals surface area contributed by atoms with Gasteiger partial charge in [0.15, 0.2) is 17.3 Å². The summed E-state index contributed by atoms with van der Waals surface area (Å²) in [7, 11) is 1.59. The molecule has 0 spiro atoms. The Balaban J connectivity index is 1.60. The molecule has 4 N–H and O–H groups in total. The van der Waals surface area contributed by atoms with Gasteiger partial charge >= 0.3 is 0 Å². The first-order valence-electron chi connectivity index (χ1n) is 10.0. The van der Waals surface area contributed by atoms with Crippen LogP contribution >= 0.6 is 11.3 Å². The molecular weight excluding hydrogens is 457 g/mol. The minimum absolute atomic E-state index is 0.0827. The highest BCUT2D eigenvalue weighted by Gasteiger charge is 2.39. The monoisotopic (exact) mass is 478 g/mol. The molecule has 0 aromatic carbocycles. The topological polar surface area (TPSA) is 126 Å². The van der Waals surface area contributed by atoms with Crippen LogP contribution in [0.15, 0.2) is 24.7 Å². The first-order valence-corrected chi connectivity index (χ1v) is 10.8. The first kappa shape index (κ1) is 22.7. The van der Waals surface area contributed by atoms with Crippen LogP contribution < -0.4 is 16.0 Å². The van der Waals surface area contributed by atoms with E-state index >= 15 is 0 Å². The van der Waals surface area contributed by atoms with Crippen LogP contribution in [0.5, 0.6) is 0 Å². The number of carbonyl (C=O) groups is 1. The van der Waals surface area contributed by atoms with Crippen molar-refractivity contribution in [2.45, 2.75) is 18.8 Å². The summed E-state index contributed by atoms with van der Waals surface area (Å²) in [5.41, 5.74) is 6.24. The molecule has 1 amide bonds. The molecular formula is C20H21F3N8OS. The van der Waals surface area contributed by atoms with Gasteiger partial charge in [0.25, 0.3) is 11.8 Å². The highest BCUT2D eigenvalue weighted by Crippen LogP contribution is 2.36. The molecule has 4 rings (SSSR count). The van der Waals surface area contributed by atoms with Crippen molar-refractivity contribution in [1.82, 2.24) is 19.7 Å².